The van der Waals surface area contributed by atoms with Crippen molar-refractivity contribution in [3.8, 4) is 0 Å². The van der Waals surface area contributed by atoms with Gasteiger partial charge in [-0.3, -0.25) is 48.6 Å². The second kappa shape index (κ2) is 32.3. The van der Waals surface area contributed by atoms with Gasteiger partial charge >= 0.3 is 5.97 Å². The van der Waals surface area contributed by atoms with Crippen molar-refractivity contribution >= 4 is 59.2 Å². The van der Waals surface area contributed by atoms with Crippen LogP contribution in [0.5, 0.6) is 0 Å². The molecule has 0 bridgehead atoms. The van der Waals surface area contributed by atoms with Gasteiger partial charge < -0.3 is 78.9 Å². The molecule has 0 aromatic heterocycles. The normalized spacial score (nSPS) is 19.1. The van der Waals surface area contributed by atoms with Gasteiger partial charge in [-0.2, -0.15) is 0 Å². The van der Waals surface area contributed by atoms with E-state index in [1.54, 1.807) is 0 Å². The summed E-state index contributed by atoms with van der Waals surface area (Å²) in [5.74, 6) is -10.9. The number of amides is 8. The number of likely N-dealkylation sites (tertiary alicyclic amines) is 1. The summed E-state index contributed by atoms with van der Waals surface area (Å²) in [7, 11) is 0. The molecule has 17 N–H and O–H groups in total. The van der Waals surface area contributed by atoms with E-state index in [-0.39, 0.29) is 57.7 Å². The molecule has 0 spiro atoms. The van der Waals surface area contributed by atoms with Crippen LogP contribution in [-0.2, 0) is 43.2 Å². The molecule has 2 heterocycles. The summed E-state index contributed by atoms with van der Waals surface area (Å²) in [6.45, 7) is 1.12. The Kier molecular flexibility index (Phi) is 27.9. The Morgan fingerprint density at radius 3 is 1.83 bits per heavy atom. The average molecular weight is 1020 g/mol. The van der Waals surface area contributed by atoms with Crippen LogP contribution in [0, 0.1) is 0 Å². The molecule has 27 nitrogen and oxygen atoms in total. The lowest BCUT2D eigenvalue weighted by Crippen LogP contribution is -2.65. The molecule has 0 aliphatic carbocycles. The van der Waals surface area contributed by atoms with Gasteiger partial charge in [0.05, 0.1) is 31.8 Å². The number of rotatable bonds is 33. The lowest BCUT2D eigenvalue weighted by atomic mass is 10.0. The van der Waals surface area contributed by atoms with Crippen LogP contribution in [0.2, 0.25) is 0 Å². The van der Waals surface area contributed by atoms with Crippen LogP contribution in [0.4, 0.5) is 0 Å². The van der Waals surface area contributed by atoms with Crippen molar-refractivity contribution in [3.05, 3.63) is 0 Å². The average Bonchev–Trinajstić information content (AvgIpc) is 3.83. The minimum Gasteiger partial charge on any atom is -0.479 e. The molecule has 0 saturated carbocycles. The molecule has 0 radical (unpaired) electrons. The number of piperidine rings is 1. The van der Waals surface area contributed by atoms with Crippen molar-refractivity contribution < 1.29 is 79.0 Å². The number of hydrogen-bond donors (Lipinski definition) is 15. The van der Waals surface area contributed by atoms with Gasteiger partial charge in [0.1, 0.15) is 42.3 Å². The van der Waals surface area contributed by atoms with Crippen LogP contribution in [0.1, 0.15) is 123 Å². The Morgan fingerprint density at radius 2 is 1.24 bits per heavy atom. The quantitative estimate of drug-likeness (QED) is 0.0127. The summed E-state index contributed by atoms with van der Waals surface area (Å²) in [4.78, 5) is 123. The molecule has 2 fully saturated rings. The number of aliphatic hydroxyl groups is 5. The van der Waals surface area contributed by atoms with Crippen molar-refractivity contribution in [2.75, 3.05) is 32.8 Å². The molecule has 10 atom stereocenters. The number of carboxylic acid groups (broad SMARTS) is 1. The van der Waals surface area contributed by atoms with Crippen molar-refractivity contribution in [2.24, 2.45) is 16.5 Å². The monoisotopic (exact) mass is 1020 g/mol. The number of nitrogens with zero attached hydrogens (tertiary/aromatic N) is 3. The number of nitrogens with two attached hydrogens (primary N) is 2. The molecule has 2 rings (SSSR count). The number of carboxylic acids is 1. The molecule has 71 heavy (non-hydrogen) atoms. The number of aliphatic hydroxyl groups excluding tert-OH is 5. The van der Waals surface area contributed by atoms with Gasteiger partial charge in [-0.15, -0.1) is 0 Å². The van der Waals surface area contributed by atoms with Crippen molar-refractivity contribution in [1.82, 2.24) is 41.9 Å². The minimum absolute atomic E-state index is 0.00899. The zero-order chi connectivity index (χ0) is 53.2. The third-order valence-electron chi connectivity index (χ3n) is 12.1. The lowest BCUT2D eigenvalue weighted by molar-refractivity contribution is -0.173. The maximum absolute atomic E-state index is 13.8. The van der Waals surface area contributed by atoms with Crippen LogP contribution in [0.3, 0.4) is 0 Å². The second-order valence-electron chi connectivity index (χ2n) is 17.9. The van der Waals surface area contributed by atoms with Crippen LogP contribution in [-0.4, -0.2) is 198 Å². The fourth-order valence-electron chi connectivity index (χ4n) is 8.01. The number of carbonyl (C=O) groups excluding carboxylic acids is 8. The Hall–Kier alpha value is -5.74. The van der Waals surface area contributed by atoms with Crippen LogP contribution in [0.15, 0.2) is 4.99 Å². The standard InChI is InChI=1S/C44H77N11O16/c1-3-4-5-6-7-8-9-10-11-15-26(59)22-32(60)54-20-14-18-31(54)39(65)48-27(16-12-19-47-44(45)46)36(62)50-30(24-57)38(64)53-34(35(61)43(69)70)41(67)52-33(25(2)58)40(66)51-29(23-56)37(63)49-28-17-13-21-55(71)42(28)68/h25-31,33-35,56-59,61,71H,3-24H2,1-2H3,(H,48,65)(H,49,63)(H,50,62)(H,51,66)(H,52,67)(H,53,64)(H,69,70)(H4,45,46,47)/t25-,26?,27+,28?,29+,30+,31+,33+,34+,35?/m1/s1. The molecular formula is C44H77N11O16. The summed E-state index contributed by atoms with van der Waals surface area (Å²) in [6.07, 6.45) is 5.52. The minimum atomic E-state index is -2.75. The summed E-state index contributed by atoms with van der Waals surface area (Å²) < 4.78 is 0. The van der Waals surface area contributed by atoms with E-state index in [1.165, 1.54) is 30.6 Å². The maximum Gasteiger partial charge on any atom is 0.335 e. The molecular weight excluding hydrogens is 939 g/mol. The van der Waals surface area contributed by atoms with E-state index in [4.69, 9.17) is 11.5 Å². The maximum atomic E-state index is 13.8. The number of aliphatic imine (C=N–C) groups is 1. The predicted octanol–water partition coefficient (Wildman–Crippen LogP) is -4.57. The van der Waals surface area contributed by atoms with Crippen molar-refractivity contribution in [3.63, 3.8) is 0 Å². The van der Waals surface area contributed by atoms with Crippen molar-refractivity contribution in [1.29, 1.82) is 0 Å². The first-order chi connectivity index (χ1) is 33.7. The zero-order valence-corrected chi connectivity index (χ0v) is 40.6. The predicted molar refractivity (Wildman–Crippen MR) is 251 cm³/mol. The molecule has 2 aliphatic heterocycles. The molecule has 3 unspecified atom stereocenters. The third kappa shape index (κ3) is 21.3. The van der Waals surface area contributed by atoms with E-state index in [0.29, 0.717) is 24.3 Å². The molecule has 0 aromatic rings. The number of unbranched alkanes of at least 4 members (excludes halogenated alkanes) is 8. The molecule has 0 aromatic carbocycles. The Balaban J connectivity index is 2.16. The SMILES string of the molecule is CCCCCCCCCCCC(O)CC(=O)N1CCC[C@H]1C(=O)N[C@@H](CCCN=C(N)N)C(=O)N[C@@H](CO)C(=O)N[C@H](C(=O)N[C@H](C(=O)N[C@@H](CO)C(=O)NC1CCCN(O)C1=O)[C@@H](C)O)C(O)C(=O)O. The van der Waals surface area contributed by atoms with Crippen LogP contribution >= 0.6 is 0 Å². The fourth-order valence-corrected chi connectivity index (χ4v) is 8.01. The van der Waals surface area contributed by atoms with Gasteiger partial charge in [0, 0.05) is 19.6 Å². The molecule has 8 amide bonds. The first kappa shape index (κ1) is 61.4. The smallest absolute Gasteiger partial charge is 0.335 e. The highest BCUT2D eigenvalue weighted by Gasteiger charge is 2.41. The zero-order valence-electron chi connectivity index (χ0n) is 40.6. The van der Waals surface area contributed by atoms with Gasteiger partial charge in [-0.25, -0.2) is 9.86 Å². The molecule has 2 aliphatic rings. The number of guanidine groups is 1. The molecule has 27 heteroatoms. The Morgan fingerprint density at radius 1 is 0.690 bits per heavy atom. The number of carbonyl (C=O) groups is 9. The van der Waals surface area contributed by atoms with E-state index in [0.717, 1.165) is 39.0 Å². The second-order valence-corrected chi connectivity index (χ2v) is 17.9. The Bertz CT molecular complexity index is 1800. The summed E-state index contributed by atoms with van der Waals surface area (Å²) in [6, 6.07) is -12.0. The van der Waals surface area contributed by atoms with Gasteiger partial charge in [-0.05, 0) is 51.9 Å². The summed E-state index contributed by atoms with van der Waals surface area (Å²) in [5, 5.41) is 84.2. The first-order valence-electron chi connectivity index (χ1n) is 24.3. The molecule has 404 valence electrons. The van der Waals surface area contributed by atoms with Gasteiger partial charge in [0.25, 0.3) is 5.91 Å². The van der Waals surface area contributed by atoms with E-state index < -0.39 is 127 Å². The molecule has 2 saturated heterocycles. The van der Waals surface area contributed by atoms with E-state index in [9.17, 15) is 79.0 Å². The number of nitrogens with one attached hydrogen (secondary N) is 6. The highest BCUT2D eigenvalue weighted by atomic mass is 16.5. The highest BCUT2D eigenvalue weighted by Crippen LogP contribution is 2.21. The lowest BCUT2D eigenvalue weighted by Gasteiger charge is -2.30. The van der Waals surface area contributed by atoms with E-state index in [2.05, 4.69) is 33.2 Å². The summed E-state index contributed by atoms with van der Waals surface area (Å²) in [5.41, 5.74) is 10.8. The Labute approximate surface area is 412 Å². The van der Waals surface area contributed by atoms with Gasteiger partial charge in [0.2, 0.25) is 41.4 Å². The number of hydroxylamine groups is 2. The number of hydrogen-bond acceptors (Lipinski definition) is 16. The largest absolute Gasteiger partial charge is 0.479 e. The third-order valence-corrected chi connectivity index (χ3v) is 12.1. The first-order valence-corrected chi connectivity index (χ1v) is 24.3. The van der Waals surface area contributed by atoms with Gasteiger partial charge in [0.15, 0.2) is 12.1 Å². The highest BCUT2D eigenvalue weighted by molar-refractivity contribution is 5.99. The van der Waals surface area contributed by atoms with Gasteiger partial charge in [-0.1, -0.05) is 64.7 Å². The van der Waals surface area contributed by atoms with E-state index >= 15 is 0 Å². The summed E-state index contributed by atoms with van der Waals surface area (Å²) >= 11 is 0. The van der Waals surface area contributed by atoms with Crippen molar-refractivity contribution in [2.45, 2.75) is 184 Å². The van der Waals surface area contributed by atoms with E-state index in [1.807, 2.05) is 10.6 Å². The van der Waals surface area contributed by atoms with Crippen LogP contribution in [0.25, 0.3) is 0 Å². The fraction of sp³-hybridized carbons (Fsp3) is 0.773. The topological polar surface area (TPSA) is 438 Å². The number of aliphatic carboxylic acids is 1. The van der Waals surface area contributed by atoms with Crippen LogP contribution < -0.4 is 43.4 Å².